The fourth-order valence-electron chi connectivity index (χ4n) is 3.79. The minimum absolute atomic E-state index is 0.699. The van der Waals surface area contributed by atoms with Gasteiger partial charge in [-0.1, -0.05) is 51.9 Å². The van der Waals surface area contributed by atoms with E-state index < -0.39 is 9.36 Å². The van der Waals surface area contributed by atoms with E-state index in [2.05, 4.69) is 22.2 Å². The summed E-state index contributed by atoms with van der Waals surface area (Å²) in [7, 11) is -1.48. The predicted molar refractivity (Wildman–Crippen MR) is 101 cm³/mol. The lowest BCUT2D eigenvalue weighted by Crippen LogP contribution is -2.58. The Morgan fingerprint density at radius 2 is 1.39 bits per heavy atom. The standard InChI is InChI=1S/C18H39N3OSi/c1-2-3-14-19-15-16-22-23(20-17-10-6-4-7-11-17)21-18-12-8-5-9-13-18/h17-21,23H,2-16H2,1H3. The van der Waals surface area contributed by atoms with E-state index in [9.17, 15) is 0 Å². The summed E-state index contributed by atoms with van der Waals surface area (Å²) in [6, 6.07) is 1.40. The van der Waals surface area contributed by atoms with Crippen molar-refractivity contribution in [2.24, 2.45) is 0 Å². The second kappa shape index (κ2) is 12.4. The second-order valence-corrected chi connectivity index (χ2v) is 9.12. The molecule has 3 N–H and O–H groups in total. The SMILES string of the molecule is CCCCNCCO[SiH](NC1CCCCC1)NC1CCCCC1. The van der Waals surface area contributed by atoms with Gasteiger partial charge in [-0.25, -0.2) is 0 Å². The maximum Gasteiger partial charge on any atom is 0.335 e. The monoisotopic (exact) mass is 341 g/mol. The fourth-order valence-corrected chi connectivity index (χ4v) is 5.95. The van der Waals surface area contributed by atoms with Crippen LogP contribution in [-0.2, 0) is 4.43 Å². The highest BCUT2D eigenvalue weighted by molar-refractivity contribution is 6.46. The molecular weight excluding hydrogens is 302 g/mol. The van der Waals surface area contributed by atoms with E-state index in [1.807, 2.05) is 0 Å². The minimum Gasteiger partial charge on any atom is -0.393 e. The summed E-state index contributed by atoms with van der Waals surface area (Å²) in [5.41, 5.74) is 0. The average molecular weight is 342 g/mol. The molecule has 0 saturated heterocycles. The van der Waals surface area contributed by atoms with Crippen molar-refractivity contribution in [3.63, 3.8) is 0 Å². The predicted octanol–water partition coefficient (Wildman–Crippen LogP) is 2.95. The highest BCUT2D eigenvalue weighted by Gasteiger charge is 2.24. The number of nitrogens with one attached hydrogen (secondary N) is 3. The molecule has 0 radical (unpaired) electrons. The normalized spacial score (nSPS) is 21.1. The van der Waals surface area contributed by atoms with Gasteiger partial charge >= 0.3 is 9.36 Å². The van der Waals surface area contributed by atoms with Crippen LogP contribution in [0, 0.1) is 0 Å². The zero-order valence-electron chi connectivity index (χ0n) is 15.2. The quantitative estimate of drug-likeness (QED) is 0.399. The third kappa shape index (κ3) is 8.63. The van der Waals surface area contributed by atoms with Crippen molar-refractivity contribution in [1.82, 2.24) is 15.3 Å². The summed E-state index contributed by atoms with van der Waals surface area (Å²) in [5.74, 6) is 0. The summed E-state index contributed by atoms with van der Waals surface area (Å²) in [5, 5.41) is 3.49. The van der Waals surface area contributed by atoms with Crippen LogP contribution in [-0.4, -0.2) is 41.1 Å². The molecule has 0 atom stereocenters. The lowest BCUT2D eigenvalue weighted by atomic mass is 9.96. The van der Waals surface area contributed by atoms with E-state index in [0.717, 1.165) is 19.7 Å². The van der Waals surface area contributed by atoms with Crippen molar-refractivity contribution >= 4 is 9.36 Å². The fraction of sp³-hybridized carbons (Fsp3) is 1.00. The summed E-state index contributed by atoms with van der Waals surface area (Å²) in [6.45, 7) is 5.20. The van der Waals surface area contributed by atoms with Crippen LogP contribution < -0.4 is 15.3 Å². The summed E-state index contributed by atoms with van der Waals surface area (Å²) < 4.78 is 6.28. The molecule has 0 bridgehead atoms. The van der Waals surface area contributed by atoms with Crippen molar-refractivity contribution < 1.29 is 4.43 Å². The first-order valence-electron chi connectivity index (χ1n) is 10.2. The zero-order chi connectivity index (χ0) is 16.2. The van der Waals surface area contributed by atoms with E-state index in [-0.39, 0.29) is 0 Å². The first kappa shape index (κ1) is 19.4. The van der Waals surface area contributed by atoms with Gasteiger partial charge in [0.1, 0.15) is 0 Å². The van der Waals surface area contributed by atoms with Crippen molar-refractivity contribution in [3.05, 3.63) is 0 Å². The van der Waals surface area contributed by atoms with Crippen molar-refractivity contribution in [1.29, 1.82) is 0 Å². The Hall–Kier alpha value is 0.0569. The molecule has 0 unspecified atom stereocenters. The van der Waals surface area contributed by atoms with Crippen LogP contribution in [0.2, 0.25) is 0 Å². The van der Waals surface area contributed by atoms with Gasteiger partial charge in [-0.3, -0.25) is 0 Å². The zero-order valence-corrected chi connectivity index (χ0v) is 16.4. The van der Waals surface area contributed by atoms with Gasteiger partial charge in [0.15, 0.2) is 0 Å². The molecular formula is C18H39N3OSi. The molecule has 2 aliphatic rings. The maximum absolute atomic E-state index is 6.28. The first-order valence-corrected chi connectivity index (χ1v) is 11.9. The van der Waals surface area contributed by atoms with Crippen LogP contribution in [0.15, 0.2) is 0 Å². The van der Waals surface area contributed by atoms with Crippen molar-refractivity contribution in [3.8, 4) is 0 Å². The topological polar surface area (TPSA) is 45.3 Å². The molecule has 0 aromatic carbocycles. The molecule has 4 nitrogen and oxygen atoms in total. The number of hydrogen-bond acceptors (Lipinski definition) is 4. The maximum atomic E-state index is 6.28. The van der Waals surface area contributed by atoms with Gasteiger partial charge in [0, 0.05) is 25.2 Å². The van der Waals surface area contributed by atoms with E-state index >= 15 is 0 Å². The van der Waals surface area contributed by atoms with E-state index in [4.69, 9.17) is 4.43 Å². The molecule has 0 spiro atoms. The Bertz CT molecular complexity index is 261. The molecule has 0 aromatic heterocycles. The lowest BCUT2D eigenvalue weighted by molar-refractivity contribution is 0.274. The molecule has 5 heteroatoms. The molecule has 0 aromatic rings. The molecule has 0 aliphatic heterocycles. The summed E-state index contributed by atoms with van der Waals surface area (Å²) in [6.07, 6.45) is 16.3. The number of hydrogen-bond donors (Lipinski definition) is 3. The van der Waals surface area contributed by atoms with Crippen LogP contribution in [0.5, 0.6) is 0 Å². The van der Waals surface area contributed by atoms with Gasteiger partial charge < -0.3 is 19.7 Å². The van der Waals surface area contributed by atoms with Gasteiger partial charge in [-0.05, 0) is 38.6 Å². The molecule has 2 aliphatic carbocycles. The Balaban J connectivity index is 1.68. The van der Waals surface area contributed by atoms with E-state index in [1.54, 1.807) is 0 Å². The molecule has 2 saturated carbocycles. The van der Waals surface area contributed by atoms with Gasteiger partial charge in [-0.2, -0.15) is 0 Å². The van der Waals surface area contributed by atoms with Gasteiger partial charge in [-0.15, -0.1) is 0 Å². The van der Waals surface area contributed by atoms with Crippen LogP contribution in [0.4, 0.5) is 0 Å². The molecule has 0 amide bonds. The molecule has 23 heavy (non-hydrogen) atoms. The van der Waals surface area contributed by atoms with Crippen LogP contribution in [0.25, 0.3) is 0 Å². The third-order valence-electron chi connectivity index (χ3n) is 5.25. The molecule has 2 fully saturated rings. The van der Waals surface area contributed by atoms with E-state index in [1.165, 1.54) is 77.0 Å². The van der Waals surface area contributed by atoms with Crippen LogP contribution >= 0.6 is 0 Å². The number of unbranched alkanes of at least 4 members (excludes halogenated alkanes) is 1. The van der Waals surface area contributed by atoms with Crippen LogP contribution in [0.3, 0.4) is 0 Å². The van der Waals surface area contributed by atoms with Gasteiger partial charge in [0.05, 0.1) is 0 Å². The Morgan fingerprint density at radius 1 is 0.826 bits per heavy atom. The highest BCUT2D eigenvalue weighted by Crippen LogP contribution is 2.19. The molecule has 2 rings (SSSR count). The largest absolute Gasteiger partial charge is 0.393 e. The first-order chi connectivity index (χ1) is 11.4. The summed E-state index contributed by atoms with van der Waals surface area (Å²) in [4.78, 5) is 7.77. The Labute approximate surface area is 145 Å². The van der Waals surface area contributed by atoms with Crippen LogP contribution in [0.1, 0.15) is 84.0 Å². The number of rotatable bonds is 11. The van der Waals surface area contributed by atoms with E-state index in [0.29, 0.717) is 12.1 Å². The smallest absolute Gasteiger partial charge is 0.335 e. The minimum atomic E-state index is -1.48. The van der Waals surface area contributed by atoms with Crippen molar-refractivity contribution in [2.45, 2.75) is 96.1 Å². The third-order valence-corrected chi connectivity index (χ3v) is 7.37. The highest BCUT2D eigenvalue weighted by atomic mass is 28.3. The lowest BCUT2D eigenvalue weighted by Gasteiger charge is -2.32. The second-order valence-electron chi connectivity index (χ2n) is 7.36. The van der Waals surface area contributed by atoms with Gasteiger partial charge in [0.2, 0.25) is 0 Å². The van der Waals surface area contributed by atoms with Crippen molar-refractivity contribution in [2.75, 3.05) is 19.7 Å². The Morgan fingerprint density at radius 3 is 1.91 bits per heavy atom. The molecule has 0 heterocycles. The van der Waals surface area contributed by atoms with Gasteiger partial charge in [0.25, 0.3) is 0 Å². The Kier molecular flexibility index (Phi) is 10.5. The average Bonchev–Trinajstić information content (AvgIpc) is 2.60. The molecule has 136 valence electrons. The summed E-state index contributed by atoms with van der Waals surface area (Å²) >= 11 is 0.